The van der Waals surface area contributed by atoms with Crippen molar-refractivity contribution in [3.8, 4) is 0 Å². The molecule has 0 radical (unpaired) electrons. The lowest BCUT2D eigenvalue weighted by Crippen LogP contribution is -2.48. The Morgan fingerprint density at radius 2 is 1.73 bits per heavy atom. The number of carbonyl (C=O) groups is 1. The Kier molecular flexibility index (Phi) is 7.54. The molecule has 0 spiro atoms. The van der Waals surface area contributed by atoms with Crippen molar-refractivity contribution in [1.29, 1.82) is 0 Å². The van der Waals surface area contributed by atoms with Crippen molar-refractivity contribution in [2.24, 2.45) is 5.92 Å². The number of anilines is 3. The maximum Gasteiger partial charge on any atom is 0.292 e. The highest BCUT2D eigenvalue weighted by molar-refractivity contribution is 7.89. The smallest absolute Gasteiger partial charge is 0.292 e. The Morgan fingerprint density at radius 3 is 2.27 bits per heavy atom. The number of rotatable bonds is 8. The van der Waals surface area contributed by atoms with E-state index in [9.17, 15) is 23.3 Å². The van der Waals surface area contributed by atoms with E-state index in [2.05, 4.69) is 10.6 Å². The number of nitro benzene ring substituents is 1. The molecule has 1 heterocycles. The number of piperazine rings is 1. The molecular formula is C22H29N5O5S. The monoisotopic (exact) mass is 475 g/mol. The molecule has 3 rings (SSSR count). The molecule has 1 saturated heterocycles. The van der Waals surface area contributed by atoms with Gasteiger partial charge in [-0.1, -0.05) is 13.8 Å². The number of nitro groups is 1. The standard InChI is InChI=1S/C22H29N5O5S/c1-16(2)15-23-21-14-19(6-9-22(21)27(29)30)25-10-12-26(13-11-25)33(31,32)20-7-4-18(5-8-20)24-17(3)28/h4-9,14,16,23H,10-13,15H2,1-3H3,(H,24,28). The van der Waals surface area contributed by atoms with Crippen molar-refractivity contribution in [1.82, 2.24) is 4.31 Å². The fraction of sp³-hybridized carbons (Fsp3) is 0.409. The quantitative estimate of drug-likeness (QED) is 0.444. The summed E-state index contributed by atoms with van der Waals surface area (Å²) < 4.78 is 27.5. The molecule has 10 nitrogen and oxygen atoms in total. The van der Waals surface area contributed by atoms with Crippen LogP contribution in [0, 0.1) is 16.0 Å². The van der Waals surface area contributed by atoms with Crippen molar-refractivity contribution >= 4 is 38.7 Å². The molecule has 11 heteroatoms. The zero-order chi connectivity index (χ0) is 24.2. The van der Waals surface area contributed by atoms with Gasteiger partial charge in [-0.05, 0) is 42.3 Å². The van der Waals surface area contributed by atoms with E-state index in [1.807, 2.05) is 18.7 Å². The van der Waals surface area contributed by atoms with Gasteiger partial charge >= 0.3 is 0 Å². The number of nitrogens with one attached hydrogen (secondary N) is 2. The first-order chi connectivity index (χ1) is 15.6. The molecule has 0 bridgehead atoms. The summed E-state index contributed by atoms with van der Waals surface area (Å²) in [7, 11) is -3.66. The van der Waals surface area contributed by atoms with Gasteiger partial charge in [0.05, 0.1) is 9.82 Å². The second kappa shape index (κ2) is 10.2. The average molecular weight is 476 g/mol. The van der Waals surface area contributed by atoms with Crippen LogP contribution in [0.1, 0.15) is 20.8 Å². The van der Waals surface area contributed by atoms with Gasteiger partial charge in [0.25, 0.3) is 5.69 Å². The maximum atomic E-state index is 13.0. The topological polar surface area (TPSA) is 125 Å². The van der Waals surface area contributed by atoms with E-state index < -0.39 is 14.9 Å². The summed E-state index contributed by atoms with van der Waals surface area (Å²) in [6, 6.07) is 11.0. The Labute approximate surface area is 193 Å². The number of hydrogen-bond donors (Lipinski definition) is 2. The van der Waals surface area contributed by atoms with Crippen LogP contribution in [0.25, 0.3) is 0 Å². The zero-order valence-electron chi connectivity index (χ0n) is 18.9. The molecule has 2 aromatic carbocycles. The van der Waals surface area contributed by atoms with Gasteiger partial charge in [-0.2, -0.15) is 4.31 Å². The summed E-state index contributed by atoms with van der Waals surface area (Å²) in [6.07, 6.45) is 0. The molecule has 0 aliphatic carbocycles. The van der Waals surface area contributed by atoms with Gasteiger partial charge in [-0.25, -0.2) is 8.42 Å². The van der Waals surface area contributed by atoms with Crippen LogP contribution in [0.15, 0.2) is 47.4 Å². The Morgan fingerprint density at radius 1 is 1.09 bits per heavy atom. The van der Waals surface area contributed by atoms with E-state index in [0.29, 0.717) is 50.0 Å². The summed E-state index contributed by atoms with van der Waals surface area (Å²) in [5.41, 5.74) is 1.82. The van der Waals surface area contributed by atoms with E-state index in [0.717, 1.165) is 5.69 Å². The van der Waals surface area contributed by atoms with Crippen molar-refractivity contribution in [3.05, 3.63) is 52.6 Å². The summed E-state index contributed by atoms with van der Waals surface area (Å²) in [6.45, 7) is 7.55. The molecule has 178 valence electrons. The predicted octanol–water partition coefficient (Wildman–Crippen LogP) is 3.13. The number of nitrogens with zero attached hydrogens (tertiary/aromatic N) is 3. The van der Waals surface area contributed by atoms with Crippen LogP contribution >= 0.6 is 0 Å². The lowest BCUT2D eigenvalue weighted by molar-refractivity contribution is -0.383. The Hall–Kier alpha value is -3.18. The average Bonchev–Trinajstić information content (AvgIpc) is 2.77. The maximum absolute atomic E-state index is 13.0. The SMILES string of the molecule is CC(=O)Nc1ccc(S(=O)(=O)N2CCN(c3ccc([N+](=O)[O-])c(NCC(C)C)c3)CC2)cc1. The molecule has 33 heavy (non-hydrogen) atoms. The molecule has 1 fully saturated rings. The Bertz CT molecular complexity index is 1110. The first-order valence-electron chi connectivity index (χ1n) is 10.7. The third kappa shape index (κ3) is 5.99. The van der Waals surface area contributed by atoms with Crippen LogP contribution in [0.3, 0.4) is 0 Å². The molecule has 0 unspecified atom stereocenters. The molecule has 2 N–H and O–H groups in total. The van der Waals surface area contributed by atoms with E-state index in [-0.39, 0.29) is 16.5 Å². The number of benzene rings is 2. The largest absolute Gasteiger partial charge is 0.379 e. The molecule has 0 saturated carbocycles. The van der Waals surface area contributed by atoms with Crippen LogP contribution in [-0.2, 0) is 14.8 Å². The summed E-state index contributed by atoms with van der Waals surface area (Å²) in [5.74, 6) is 0.102. The van der Waals surface area contributed by atoms with Gasteiger partial charge in [0.2, 0.25) is 15.9 Å². The van der Waals surface area contributed by atoms with Gasteiger partial charge in [0.1, 0.15) is 5.69 Å². The number of carbonyl (C=O) groups excluding carboxylic acids is 1. The molecule has 0 aromatic heterocycles. The minimum Gasteiger partial charge on any atom is -0.379 e. The lowest BCUT2D eigenvalue weighted by Gasteiger charge is -2.35. The highest BCUT2D eigenvalue weighted by atomic mass is 32.2. The van der Waals surface area contributed by atoms with Gasteiger partial charge in [-0.3, -0.25) is 14.9 Å². The zero-order valence-corrected chi connectivity index (χ0v) is 19.8. The number of amides is 1. The van der Waals surface area contributed by atoms with Gasteiger partial charge in [0.15, 0.2) is 0 Å². The summed E-state index contributed by atoms with van der Waals surface area (Å²) >= 11 is 0. The van der Waals surface area contributed by atoms with Gasteiger partial charge in [-0.15, -0.1) is 0 Å². The second-order valence-corrected chi connectivity index (χ2v) is 10.3. The second-order valence-electron chi connectivity index (χ2n) is 8.33. The molecule has 1 aliphatic rings. The third-order valence-electron chi connectivity index (χ3n) is 5.29. The van der Waals surface area contributed by atoms with Crippen molar-refractivity contribution in [2.45, 2.75) is 25.7 Å². The fourth-order valence-electron chi connectivity index (χ4n) is 3.58. The molecular weight excluding hydrogens is 446 g/mol. The van der Waals surface area contributed by atoms with E-state index in [4.69, 9.17) is 0 Å². The van der Waals surface area contributed by atoms with Crippen molar-refractivity contribution in [2.75, 3.05) is 48.3 Å². The van der Waals surface area contributed by atoms with E-state index in [1.54, 1.807) is 24.3 Å². The first kappa shape index (κ1) is 24.5. The van der Waals surface area contributed by atoms with Crippen LogP contribution < -0.4 is 15.5 Å². The minimum atomic E-state index is -3.66. The normalized spacial score (nSPS) is 14.8. The van der Waals surface area contributed by atoms with Crippen LogP contribution in [0.2, 0.25) is 0 Å². The van der Waals surface area contributed by atoms with Crippen LogP contribution in [0.4, 0.5) is 22.7 Å². The highest BCUT2D eigenvalue weighted by Gasteiger charge is 2.29. The van der Waals surface area contributed by atoms with Gasteiger partial charge < -0.3 is 15.5 Å². The first-order valence-corrected chi connectivity index (χ1v) is 12.2. The van der Waals surface area contributed by atoms with Gasteiger partial charge in [0, 0.05) is 57.1 Å². The molecule has 0 atom stereocenters. The van der Waals surface area contributed by atoms with E-state index in [1.165, 1.54) is 29.4 Å². The summed E-state index contributed by atoms with van der Waals surface area (Å²) in [4.78, 5) is 24.3. The molecule has 2 aromatic rings. The fourth-order valence-corrected chi connectivity index (χ4v) is 5.01. The van der Waals surface area contributed by atoms with Crippen molar-refractivity contribution < 1.29 is 18.1 Å². The predicted molar refractivity (Wildman–Crippen MR) is 128 cm³/mol. The van der Waals surface area contributed by atoms with Crippen LogP contribution in [0.5, 0.6) is 0 Å². The van der Waals surface area contributed by atoms with Crippen LogP contribution in [-0.4, -0.2) is 56.3 Å². The molecule has 1 aliphatic heterocycles. The lowest BCUT2D eigenvalue weighted by atomic mass is 10.2. The number of sulfonamides is 1. The van der Waals surface area contributed by atoms with E-state index >= 15 is 0 Å². The number of hydrogen-bond acceptors (Lipinski definition) is 7. The highest BCUT2D eigenvalue weighted by Crippen LogP contribution is 2.31. The third-order valence-corrected chi connectivity index (χ3v) is 7.21. The summed E-state index contributed by atoms with van der Waals surface area (Å²) in [5, 5.41) is 17.1. The molecule has 1 amide bonds. The Balaban J connectivity index is 1.70. The minimum absolute atomic E-state index is 0.0170. The van der Waals surface area contributed by atoms with Crippen molar-refractivity contribution in [3.63, 3.8) is 0 Å².